The van der Waals surface area contributed by atoms with Gasteiger partial charge in [0.25, 0.3) is 11.8 Å². The Morgan fingerprint density at radius 3 is 1.31 bits per heavy atom. The van der Waals surface area contributed by atoms with Crippen LogP contribution in [0.3, 0.4) is 0 Å². The quantitative estimate of drug-likeness (QED) is 0.134. The van der Waals surface area contributed by atoms with Crippen molar-refractivity contribution in [2.45, 2.75) is 12.8 Å². The molecule has 0 saturated carbocycles. The van der Waals surface area contributed by atoms with Crippen LogP contribution >= 0.6 is 0 Å². The van der Waals surface area contributed by atoms with E-state index in [1.54, 1.807) is 84.9 Å². The molecule has 0 unspecified atom stereocenters. The van der Waals surface area contributed by atoms with Crippen LogP contribution in [0.4, 0.5) is 8.78 Å². The smallest absolute Gasteiger partial charge is 0.294 e. The number of amides is 2. The summed E-state index contributed by atoms with van der Waals surface area (Å²) in [6.07, 6.45) is 2.19. The molecule has 1 aliphatic rings. The van der Waals surface area contributed by atoms with Gasteiger partial charge in [0.1, 0.15) is 23.2 Å². The van der Waals surface area contributed by atoms with E-state index in [4.69, 9.17) is 0 Å². The molecule has 8 nitrogen and oxygen atoms in total. The fourth-order valence-electron chi connectivity index (χ4n) is 5.37. The number of carbonyl (C=O) groups excluding carboxylic acids is 4. The zero-order valence-corrected chi connectivity index (χ0v) is 25.8. The lowest BCUT2D eigenvalue weighted by Crippen LogP contribution is -2.53. The van der Waals surface area contributed by atoms with Crippen molar-refractivity contribution in [2.24, 2.45) is 0 Å². The van der Waals surface area contributed by atoms with Crippen LogP contribution in [0.5, 0.6) is 0 Å². The van der Waals surface area contributed by atoms with E-state index in [1.807, 2.05) is 0 Å². The van der Waals surface area contributed by atoms with Gasteiger partial charge >= 0.3 is 0 Å². The van der Waals surface area contributed by atoms with Gasteiger partial charge in [-0.1, -0.05) is 72.8 Å². The molecule has 0 spiro atoms. The van der Waals surface area contributed by atoms with Crippen molar-refractivity contribution in [3.63, 3.8) is 0 Å². The number of piperazine rings is 1. The summed E-state index contributed by atoms with van der Waals surface area (Å²) >= 11 is 0. The standard InChI is InChI=1S/C38H32F2N2O6/c39-31-13-3-1-9-27(31)19-25-7-5-11-29(21-25)33(43)23-35(45)37(47)41-15-17-42(18-16-41)38(48)36(46)24-34(44)30-12-6-8-26(22-30)20-28-10-2-4-14-32(28)40/h1-14,21-24,43-44H,15-20H2. The zero-order valence-electron chi connectivity index (χ0n) is 25.8. The van der Waals surface area contributed by atoms with Crippen LogP contribution in [-0.2, 0) is 32.0 Å². The molecule has 0 bridgehead atoms. The number of hydrogen-bond acceptors (Lipinski definition) is 6. The molecule has 2 N–H and O–H groups in total. The molecule has 48 heavy (non-hydrogen) atoms. The monoisotopic (exact) mass is 650 g/mol. The zero-order chi connectivity index (χ0) is 34.2. The minimum absolute atomic E-state index is 0.0237. The van der Waals surface area contributed by atoms with Crippen molar-refractivity contribution in [1.82, 2.24) is 9.80 Å². The van der Waals surface area contributed by atoms with E-state index in [1.165, 1.54) is 21.9 Å². The molecule has 1 heterocycles. The molecule has 2 amide bonds. The van der Waals surface area contributed by atoms with Crippen LogP contribution in [0.15, 0.2) is 109 Å². The summed E-state index contributed by atoms with van der Waals surface area (Å²) in [6.45, 7) is -0.0948. The van der Waals surface area contributed by atoms with Gasteiger partial charge in [-0.15, -0.1) is 0 Å². The van der Waals surface area contributed by atoms with Crippen LogP contribution in [0.2, 0.25) is 0 Å². The second kappa shape index (κ2) is 15.1. The van der Waals surface area contributed by atoms with Crippen molar-refractivity contribution in [3.8, 4) is 0 Å². The van der Waals surface area contributed by atoms with Gasteiger partial charge in [-0.3, -0.25) is 19.2 Å². The summed E-state index contributed by atoms with van der Waals surface area (Å²) < 4.78 is 28.1. The second-order valence-electron chi connectivity index (χ2n) is 11.3. The lowest BCUT2D eigenvalue weighted by molar-refractivity contribution is -0.147. The number of benzene rings is 4. The SMILES string of the molecule is O=C(C=C(O)c1cccc(Cc2ccccc2F)c1)C(=O)N1CCN(C(=O)C(=O)C=C(O)c2cccc(Cc3ccccc3F)c2)CC1. The Kier molecular flexibility index (Phi) is 10.5. The van der Waals surface area contributed by atoms with Crippen LogP contribution in [0, 0.1) is 11.6 Å². The lowest BCUT2D eigenvalue weighted by Gasteiger charge is -2.33. The van der Waals surface area contributed by atoms with Gasteiger partial charge in [0.15, 0.2) is 0 Å². The normalized spacial score (nSPS) is 13.7. The molecule has 0 aliphatic carbocycles. The van der Waals surface area contributed by atoms with Gasteiger partial charge in [-0.25, -0.2) is 8.78 Å². The summed E-state index contributed by atoms with van der Waals surface area (Å²) in [7, 11) is 0. The predicted molar refractivity (Wildman–Crippen MR) is 176 cm³/mol. The first-order valence-electron chi connectivity index (χ1n) is 15.2. The van der Waals surface area contributed by atoms with Crippen LogP contribution < -0.4 is 0 Å². The maximum Gasteiger partial charge on any atom is 0.294 e. The fourth-order valence-corrected chi connectivity index (χ4v) is 5.37. The summed E-state index contributed by atoms with van der Waals surface area (Å²) in [5, 5.41) is 21.1. The number of aliphatic hydroxyl groups is 2. The molecule has 0 atom stereocenters. The average Bonchev–Trinajstić information content (AvgIpc) is 3.10. The van der Waals surface area contributed by atoms with Crippen molar-refractivity contribution in [3.05, 3.63) is 154 Å². The molecule has 4 aromatic carbocycles. The molecule has 10 heteroatoms. The average molecular weight is 651 g/mol. The van der Waals surface area contributed by atoms with E-state index in [0.717, 1.165) is 12.2 Å². The van der Waals surface area contributed by atoms with Crippen molar-refractivity contribution in [2.75, 3.05) is 26.2 Å². The Morgan fingerprint density at radius 1 is 0.562 bits per heavy atom. The number of nitrogens with zero attached hydrogens (tertiary/aromatic N) is 2. The highest BCUT2D eigenvalue weighted by atomic mass is 19.1. The Morgan fingerprint density at radius 2 is 0.938 bits per heavy atom. The van der Waals surface area contributed by atoms with E-state index in [-0.39, 0.29) is 61.8 Å². The minimum Gasteiger partial charge on any atom is -0.507 e. The Balaban J connectivity index is 1.15. The van der Waals surface area contributed by atoms with E-state index in [9.17, 15) is 38.2 Å². The van der Waals surface area contributed by atoms with Gasteiger partial charge in [0.2, 0.25) is 11.6 Å². The first kappa shape index (κ1) is 33.5. The van der Waals surface area contributed by atoms with E-state index in [0.29, 0.717) is 22.3 Å². The molecule has 244 valence electrons. The van der Waals surface area contributed by atoms with Crippen LogP contribution in [-0.4, -0.2) is 69.6 Å². The molecule has 1 saturated heterocycles. The highest BCUT2D eigenvalue weighted by molar-refractivity contribution is 6.42. The second-order valence-corrected chi connectivity index (χ2v) is 11.3. The Labute approximate surface area is 275 Å². The van der Waals surface area contributed by atoms with Gasteiger partial charge in [-0.2, -0.15) is 0 Å². The number of aliphatic hydroxyl groups excluding tert-OH is 2. The van der Waals surface area contributed by atoms with Crippen LogP contribution in [0.1, 0.15) is 33.4 Å². The molecule has 0 radical (unpaired) electrons. The topological polar surface area (TPSA) is 115 Å². The third-order valence-corrected chi connectivity index (χ3v) is 7.96. The lowest BCUT2D eigenvalue weighted by atomic mass is 10.0. The van der Waals surface area contributed by atoms with Gasteiger partial charge < -0.3 is 20.0 Å². The number of ketones is 2. The Hall–Kier alpha value is -5.90. The maximum atomic E-state index is 14.1. The third-order valence-electron chi connectivity index (χ3n) is 7.96. The van der Waals surface area contributed by atoms with Crippen molar-refractivity contribution in [1.29, 1.82) is 0 Å². The fraction of sp³-hybridized carbons (Fsp3) is 0.158. The molecule has 4 aromatic rings. The number of carbonyl (C=O) groups is 4. The van der Waals surface area contributed by atoms with Gasteiger partial charge in [-0.05, 0) is 46.5 Å². The number of rotatable bonds is 10. The van der Waals surface area contributed by atoms with E-state index < -0.39 is 34.9 Å². The van der Waals surface area contributed by atoms with Crippen molar-refractivity contribution < 1.29 is 38.2 Å². The van der Waals surface area contributed by atoms with Crippen LogP contribution in [0.25, 0.3) is 11.5 Å². The highest BCUT2D eigenvalue weighted by Gasteiger charge is 2.29. The number of halogens is 2. The molecule has 5 rings (SSSR count). The van der Waals surface area contributed by atoms with Crippen molar-refractivity contribution >= 4 is 34.9 Å². The van der Waals surface area contributed by atoms with Gasteiger partial charge in [0, 0.05) is 62.3 Å². The molecule has 1 aliphatic heterocycles. The molecular weight excluding hydrogens is 618 g/mol. The minimum atomic E-state index is -0.965. The summed E-state index contributed by atoms with van der Waals surface area (Å²) in [4.78, 5) is 53.5. The molecular formula is C38H32F2N2O6. The molecule has 1 fully saturated rings. The molecule has 0 aromatic heterocycles. The summed E-state index contributed by atoms with van der Waals surface area (Å²) in [6, 6.07) is 25.8. The van der Waals surface area contributed by atoms with E-state index >= 15 is 0 Å². The first-order valence-corrected chi connectivity index (χ1v) is 15.2. The maximum absolute atomic E-state index is 14.1. The van der Waals surface area contributed by atoms with Gasteiger partial charge in [0.05, 0.1) is 0 Å². The third kappa shape index (κ3) is 8.27. The number of hydrogen-bond donors (Lipinski definition) is 2. The van der Waals surface area contributed by atoms with E-state index in [2.05, 4.69) is 0 Å². The highest BCUT2D eigenvalue weighted by Crippen LogP contribution is 2.20. The largest absolute Gasteiger partial charge is 0.507 e. The Bertz CT molecular complexity index is 1790. The summed E-state index contributed by atoms with van der Waals surface area (Å²) in [5.41, 5.74) is 2.91. The predicted octanol–water partition coefficient (Wildman–Crippen LogP) is 5.45. The first-order chi connectivity index (χ1) is 23.1. The summed E-state index contributed by atoms with van der Waals surface area (Å²) in [5.74, 6) is -5.25.